The SMILES string of the molecule is N[C@@H](Cc1ccc(O)cc1)C(=O)O.c1ccc(N=Nc2ccccc2)cc1. The molecular weight excluding hydrogens is 342 g/mol. The van der Waals surface area contributed by atoms with E-state index in [2.05, 4.69) is 10.2 Å². The highest BCUT2D eigenvalue weighted by Gasteiger charge is 2.11. The summed E-state index contributed by atoms with van der Waals surface area (Å²) in [6, 6.07) is 24.8. The molecule has 0 aliphatic carbocycles. The van der Waals surface area contributed by atoms with Crippen molar-refractivity contribution in [2.24, 2.45) is 16.0 Å². The summed E-state index contributed by atoms with van der Waals surface area (Å²) in [5, 5.41) is 25.7. The second-order valence-electron chi connectivity index (χ2n) is 5.69. The van der Waals surface area contributed by atoms with Gasteiger partial charge in [-0.3, -0.25) is 4.79 Å². The van der Waals surface area contributed by atoms with Gasteiger partial charge in [0.1, 0.15) is 11.8 Å². The third-order valence-corrected chi connectivity index (χ3v) is 3.50. The number of carboxylic acid groups (broad SMARTS) is 1. The number of benzene rings is 3. The van der Waals surface area contributed by atoms with Crippen LogP contribution in [0.1, 0.15) is 5.56 Å². The molecule has 0 saturated carbocycles. The summed E-state index contributed by atoms with van der Waals surface area (Å²) >= 11 is 0. The van der Waals surface area contributed by atoms with Gasteiger partial charge >= 0.3 is 5.97 Å². The summed E-state index contributed by atoms with van der Waals surface area (Å²) in [6.45, 7) is 0. The van der Waals surface area contributed by atoms with Gasteiger partial charge in [0.05, 0.1) is 11.4 Å². The number of aromatic hydroxyl groups is 1. The molecular formula is C21H21N3O3. The van der Waals surface area contributed by atoms with Crippen LogP contribution in [0.5, 0.6) is 5.75 Å². The zero-order valence-electron chi connectivity index (χ0n) is 14.6. The molecule has 0 radical (unpaired) electrons. The molecule has 3 aromatic rings. The monoisotopic (exact) mass is 363 g/mol. The second-order valence-corrected chi connectivity index (χ2v) is 5.69. The lowest BCUT2D eigenvalue weighted by Gasteiger charge is -2.05. The van der Waals surface area contributed by atoms with Crippen LogP contribution in [-0.4, -0.2) is 22.2 Å². The Bertz CT molecular complexity index is 809. The van der Waals surface area contributed by atoms with Crippen molar-refractivity contribution in [2.45, 2.75) is 12.5 Å². The van der Waals surface area contributed by atoms with Crippen LogP contribution < -0.4 is 5.73 Å². The summed E-state index contributed by atoms with van der Waals surface area (Å²) in [6.07, 6.45) is 0.273. The Labute approximate surface area is 157 Å². The number of hydrogen-bond acceptors (Lipinski definition) is 5. The molecule has 0 aromatic heterocycles. The predicted octanol–water partition coefficient (Wildman–Crippen LogP) is 4.45. The van der Waals surface area contributed by atoms with Crippen molar-refractivity contribution < 1.29 is 15.0 Å². The standard InChI is InChI=1S/C12H10N2.C9H11NO3/c1-3-7-11(8-4-1)13-14-12-9-5-2-6-10-12;10-8(9(12)13)5-6-1-3-7(11)4-2-6/h1-10H;1-4,8,11H,5,10H2,(H,12,13)/t;8-/m.0/s1. The second kappa shape index (κ2) is 10.5. The third kappa shape index (κ3) is 7.50. The van der Waals surface area contributed by atoms with Gasteiger partial charge in [-0.1, -0.05) is 48.5 Å². The lowest BCUT2D eigenvalue weighted by Crippen LogP contribution is -2.32. The maximum Gasteiger partial charge on any atom is 0.320 e. The highest BCUT2D eigenvalue weighted by molar-refractivity contribution is 5.73. The largest absolute Gasteiger partial charge is 0.508 e. The van der Waals surface area contributed by atoms with Crippen LogP contribution >= 0.6 is 0 Å². The average Bonchev–Trinajstić information content (AvgIpc) is 2.70. The van der Waals surface area contributed by atoms with Crippen molar-refractivity contribution in [2.75, 3.05) is 0 Å². The lowest BCUT2D eigenvalue weighted by atomic mass is 10.1. The van der Waals surface area contributed by atoms with E-state index in [-0.39, 0.29) is 12.2 Å². The van der Waals surface area contributed by atoms with E-state index in [1.54, 1.807) is 12.1 Å². The number of hydrogen-bond donors (Lipinski definition) is 3. The maximum atomic E-state index is 10.4. The van der Waals surface area contributed by atoms with E-state index in [0.29, 0.717) is 0 Å². The zero-order chi connectivity index (χ0) is 19.5. The zero-order valence-corrected chi connectivity index (χ0v) is 14.6. The first-order valence-electron chi connectivity index (χ1n) is 8.33. The molecule has 0 saturated heterocycles. The third-order valence-electron chi connectivity index (χ3n) is 3.50. The fraction of sp³-hybridized carbons (Fsp3) is 0.0952. The molecule has 27 heavy (non-hydrogen) atoms. The first-order chi connectivity index (χ1) is 13.0. The number of carboxylic acids is 1. The molecule has 0 heterocycles. The van der Waals surface area contributed by atoms with Gasteiger partial charge in [0.2, 0.25) is 0 Å². The van der Waals surface area contributed by atoms with Gasteiger partial charge in [-0.25, -0.2) is 0 Å². The Balaban J connectivity index is 0.000000194. The van der Waals surface area contributed by atoms with E-state index in [1.807, 2.05) is 60.7 Å². The number of aliphatic carboxylic acids is 1. The van der Waals surface area contributed by atoms with Gasteiger partial charge in [-0.05, 0) is 48.4 Å². The van der Waals surface area contributed by atoms with Crippen molar-refractivity contribution in [1.82, 2.24) is 0 Å². The molecule has 0 aliphatic heterocycles. The Morgan fingerprint density at radius 1 is 0.815 bits per heavy atom. The topological polar surface area (TPSA) is 108 Å². The summed E-state index contributed by atoms with van der Waals surface area (Å²) in [7, 11) is 0. The van der Waals surface area contributed by atoms with Crippen LogP contribution in [0.2, 0.25) is 0 Å². The van der Waals surface area contributed by atoms with E-state index in [1.165, 1.54) is 12.1 Å². The summed E-state index contributed by atoms with van der Waals surface area (Å²) in [5.74, 6) is -0.860. The Morgan fingerprint density at radius 3 is 1.67 bits per heavy atom. The quantitative estimate of drug-likeness (QED) is 0.582. The minimum atomic E-state index is -1.02. The van der Waals surface area contributed by atoms with Crippen LogP contribution in [0.3, 0.4) is 0 Å². The van der Waals surface area contributed by atoms with Crippen LogP contribution in [0, 0.1) is 0 Å². The number of nitrogens with two attached hydrogens (primary N) is 1. The number of azo groups is 1. The Kier molecular flexibility index (Phi) is 7.68. The molecule has 0 fully saturated rings. The molecule has 0 unspecified atom stereocenters. The van der Waals surface area contributed by atoms with Gasteiger partial charge in [0, 0.05) is 0 Å². The van der Waals surface area contributed by atoms with Gasteiger partial charge < -0.3 is 15.9 Å². The molecule has 0 spiro atoms. The van der Waals surface area contributed by atoms with Crippen molar-refractivity contribution in [3.8, 4) is 5.75 Å². The number of phenols is 1. The van der Waals surface area contributed by atoms with Gasteiger partial charge in [0.25, 0.3) is 0 Å². The molecule has 3 rings (SSSR count). The van der Waals surface area contributed by atoms with Crippen molar-refractivity contribution >= 4 is 17.3 Å². The molecule has 0 aliphatic rings. The number of phenolic OH excluding ortho intramolecular Hbond substituents is 1. The van der Waals surface area contributed by atoms with Gasteiger partial charge in [-0.15, -0.1) is 0 Å². The van der Waals surface area contributed by atoms with Crippen molar-refractivity contribution in [1.29, 1.82) is 0 Å². The molecule has 0 amide bonds. The van der Waals surface area contributed by atoms with E-state index in [9.17, 15) is 4.79 Å². The van der Waals surface area contributed by atoms with E-state index < -0.39 is 12.0 Å². The van der Waals surface area contributed by atoms with Crippen molar-refractivity contribution in [3.05, 3.63) is 90.5 Å². The fourth-order valence-corrected chi connectivity index (χ4v) is 2.08. The van der Waals surface area contributed by atoms with E-state index >= 15 is 0 Å². The van der Waals surface area contributed by atoms with Crippen LogP contribution in [0.4, 0.5) is 11.4 Å². The van der Waals surface area contributed by atoms with Crippen LogP contribution in [-0.2, 0) is 11.2 Å². The first kappa shape index (κ1) is 19.8. The summed E-state index contributed by atoms with van der Waals surface area (Å²) in [5.41, 5.74) is 7.87. The van der Waals surface area contributed by atoms with E-state index in [0.717, 1.165) is 16.9 Å². The van der Waals surface area contributed by atoms with Gasteiger partial charge in [-0.2, -0.15) is 10.2 Å². The van der Waals surface area contributed by atoms with Gasteiger partial charge in [0.15, 0.2) is 0 Å². The number of nitrogens with zero attached hydrogens (tertiary/aromatic N) is 2. The van der Waals surface area contributed by atoms with Crippen molar-refractivity contribution in [3.63, 3.8) is 0 Å². The lowest BCUT2D eigenvalue weighted by molar-refractivity contribution is -0.138. The summed E-state index contributed by atoms with van der Waals surface area (Å²) < 4.78 is 0. The molecule has 0 bridgehead atoms. The minimum Gasteiger partial charge on any atom is -0.508 e. The normalized spacial score (nSPS) is 11.4. The molecule has 1 atom stereocenters. The molecule has 6 heteroatoms. The number of carbonyl (C=O) groups is 1. The minimum absolute atomic E-state index is 0.160. The molecule has 4 N–H and O–H groups in total. The Hall–Kier alpha value is -3.51. The van der Waals surface area contributed by atoms with Crippen LogP contribution in [0.15, 0.2) is 95.2 Å². The summed E-state index contributed by atoms with van der Waals surface area (Å²) in [4.78, 5) is 10.4. The highest BCUT2D eigenvalue weighted by Crippen LogP contribution is 2.16. The molecule has 138 valence electrons. The predicted molar refractivity (Wildman–Crippen MR) is 104 cm³/mol. The Morgan fingerprint density at radius 2 is 1.26 bits per heavy atom. The number of rotatable bonds is 5. The molecule has 3 aromatic carbocycles. The first-order valence-corrected chi connectivity index (χ1v) is 8.33. The smallest absolute Gasteiger partial charge is 0.320 e. The van der Waals surface area contributed by atoms with E-state index in [4.69, 9.17) is 15.9 Å². The van der Waals surface area contributed by atoms with Crippen LogP contribution in [0.25, 0.3) is 0 Å². The maximum absolute atomic E-state index is 10.4. The highest BCUT2D eigenvalue weighted by atomic mass is 16.4. The molecule has 6 nitrogen and oxygen atoms in total. The fourth-order valence-electron chi connectivity index (χ4n) is 2.08. The average molecular weight is 363 g/mol.